The van der Waals surface area contributed by atoms with Crippen LogP contribution in [0.3, 0.4) is 0 Å². The number of nitrogens with zero attached hydrogens (tertiary/aromatic N) is 2. The summed E-state index contributed by atoms with van der Waals surface area (Å²) in [4.78, 5) is 15.7. The molecule has 124 valence electrons. The van der Waals surface area contributed by atoms with Gasteiger partial charge in [-0.05, 0) is 6.92 Å². The number of nitrogen functional groups attached to an aromatic ring is 1. The second-order valence-corrected chi connectivity index (χ2v) is 5.07. The van der Waals surface area contributed by atoms with Gasteiger partial charge in [0, 0.05) is 18.9 Å². The second-order valence-electron chi connectivity index (χ2n) is 5.07. The van der Waals surface area contributed by atoms with Crippen molar-refractivity contribution >= 4 is 5.82 Å². The van der Waals surface area contributed by atoms with Crippen molar-refractivity contribution < 1.29 is 24.4 Å². The van der Waals surface area contributed by atoms with Crippen LogP contribution in [0, 0.1) is 6.92 Å². The maximum atomic E-state index is 12.0. The molecule has 0 amide bonds. The number of hydrogen-bond acceptors (Lipinski definition) is 8. The average Bonchev–Trinajstić information content (AvgIpc) is 2.80. The summed E-state index contributed by atoms with van der Waals surface area (Å²) in [6, 6.07) is 0. The molecule has 0 spiro atoms. The molecule has 0 aromatic carbocycles. The predicted octanol–water partition coefficient (Wildman–Crippen LogP) is -1.58. The van der Waals surface area contributed by atoms with Gasteiger partial charge in [0.15, 0.2) is 6.23 Å². The zero-order chi connectivity index (χ0) is 16.3. The highest BCUT2D eigenvalue weighted by Gasteiger charge is 2.45. The van der Waals surface area contributed by atoms with E-state index in [2.05, 4.69) is 4.98 Å². The summed E-state index contributed by atoms with van der Waals surface area (Å²) in [5.74, 6) is 0.135. The molecule has 4 atom stereocenters. The molecule has 1 aromatic heterocycles. The fraction of sp³-hybridized carbons (Fsp3) is 0.692. The van der Waals surface area contributed by atoms with E-state index in [-0.39, 0.29) is 12.4 Å². The van der Waals surface area contributed by atoms with Gasteiger partial charge in [0.25, 0.3) is 0 Å². The molecule has 1 aromatic rings. The maximum Gasteiger partial charge on any atom is 0.351 e. The highest BCUT2D eigenvalue weighted by atomic mass is 16.6. The molecular formula is C13H21N3O6. The zero-order valence-electron chi connectivity index (χ0n) is 12.5. The lowest BCUT2D eigenvalue weighted by Crippen LogP contribution is -2.39. The van der Waals surface area contributed by atoms with Crippen molar-refractivity contribution in [1.82, 2.24) is 9.55 Å². The van der Waals surface area contributed by atoms with Gasteiger partial charge in [0.1, 0.15) is 24.1 Å². The van der Waals surface area contributed by atoms with Gasteiger partial charge in [0.2, 0.25) is 0 Å². The molecule has 3 unspecified atom stereocenters. The molecule has 1 aliphatic rings. The fourth-order valence-electron chi connectivity index (χ4n) is 2.30. The van der Waals surface area contributed by atoms with Crippen molar-refractivity contribution in [2.24, 2.45) is 0 Å². The largest absolute Gasteiger partial charge is 0.394 e. The Kier molecular flexibility index (Phi) is 5.48. The minimum Gasteiger partial charge on any atom is -0.394 e. The molecule has 9 nitrogen and oxygen atoms in total. The molecule has 2 rings (SSSR count). The van der Waals surface area contributed by atoms with E-state index in [1.165, 1.54) is 17.9 Å². The smallest absolute Gasteiger partial charge is 0.351 e. The number of aliphatic hydroxyl groups is 2. The Labute approximate surface area is 127 Å². The van der Waals surface area contributed by atoms with Crippen LogP contribution in [0.1, 0.15) is 11.8 Å². The third-order valence-corrected chi connectivity index (χ3v) is 3.54. The van der Waals surface area contributed by atoms with Crippen LogP contribution in [0.15, 0.2) is 11.0 Å². The van der Waals surface area contributed by atoms with E-state index >= 15 is 0 Å². The molecule has 2 heterocycles. The van der Waals surface area contributed by atoms with Crippen molar-refractivity contribution in [3.8, 4) is 0 Å². The maximum absolute atomic E-state index is 12.0. The zero-order valence-corrected chi connectivity index (χ0v) is 12.5. The number of rotatable bonds is 6. The van der Waals surface area contributed by atoms with Crippen LogP contribution in [-0.4, -0.2) is 65.0 Å². The molecule has 0 aliphatic carbocycles. The molecule has 1 saturated heterocycles. The quantitative estimate of drug-likeness (QED) is 0.536. The van der Waals surface area contributed by atoms with Gasteiger partial charge in [0.05, 0.1) is 19.8 Å². The molecule has 9 heteroatoms. The predicted molar refractivity (Wildman–Crippen MR) is 76.3 cm³/mol. The summed E-state index contributed by atoms with van der Waals surface area (Å²) >= 11 is 0. The van der Waals surface area contributed by atoms with Crippen molar-refractivity contribution in [3.05, 3.63) is 22.2 Å². The van der Waals surface area contributed by atoms with Gasteiger partial charge in [-0.2, -0.15) is 4.98 Å². The van der Waals surface area contributed by atoms with Crippen LogP contribution in [0.25, 0.3) is 0 Å². The van der Waals surface area contributed by atoms with Gasteiger partial charge < -0.3 is 30.2 Å². The Morgan fingerprint density at radius 1 is 1.50 bits per heavy atom. The Morgan fingerprint density at radius 3 is 2.86 bits per heavy atom. The van der Waals surface area contributed by atoms with E-state index in [4.69, 9.17) is 19.9 Å². The van der Waals surface area contributed by atoms with Crippen LogP contribution in [0.5, 0.6) is 0 Å². The minimum atomic E-state index is -1.07. The molecule has 0 saturated carbocycles. The summed E-state index contributed by atoms with van der Waals surface area (Å²) in [5, 5.41) is 19.5. The van der Waals surface area contributed by atoms with E-state index in [9.17, 15) is 15.0 Å². The third-order valence-electron chi connectivity index (χ3n) is 3.54. The topological polar surface area (TPSA) is 129 Å². The van der Waals surface area contributed by atoms with Crippen molar-refractivity contribution in [2.75, 3.05) is 32.7 Å². The summed E-state index contributed by atoms with van der Waals surface area (Å²) in [5.41, 5.74) is 5.59. The van der Waals surface area contributed by atoms with Crippen molar-refractivity contribution in [1.29, 1.82) is 0 Å². The summed E-state index contributed by atoms with van der Waals surface area (Å²) in [6.07, 6.45) is -2.15. The number of nitrogens with two attached hydrogens (primary N) is 1. The van der Waals surface area contributed by atoms with Crippen LogP contribution in [0.4, 0.5) is 5.82 Å². The molecule has 22 heavy (non-hydrogen) atoms. The van der Waals surface area contributed by atoms with Gasteiger partial charge in [-0.1, -0.05) is 0 Å². The Hall–Kier alpha value is -1.52. The summed E-state index contributed by atoms with van der Waals surface area (Å²) in [7, 11) is 1.52. The van der Waals surface area contributed by atoms with Crippen LogP contribution in [0.2, 0.25) is 0 Å². The van der Waals surface area contributed by atoms with E-state index in [0.717, 1.165) is 0 Å². The van der Waals surface area contributed by atoms with E-state index < -0.39 is 36.8 Å². The first-order chi connectivity index (χ1) is 10.5. The van der Waals surface area contributed by atoms with Crippen LogP contribution in [-0.2, 0) is 14.2 Å². The minimum absolute atomic E-state index is 0.135. The molecule has 0 bridgehead atoms. The first-order valence-electron chi connectivity index (χ1n) is 6.89. The average molecular weight is 315 g/mol. The van der Waals surface area contributed by atoms with E-state index in [1.54, 1.807) is 6.92 Å². The fourth-order valence-corrected chi connectivity index (χ4v) is 2.30. The number of aryl methyl sites for hydroxylation is 1. The first-order valence-corrected chi connectivity index (χ1v) is 6.89. The lowest BCUT2D eigenvalue weighted by molar-refractivity contribution is -0.0819. The molecule has 1 fully saturated rings. The standard InChI is InChI=1S/C13H21N3O6/c1-7-5-16(13(19)15-11(7)14)12-10(21-4-3-20-2)9(18)8(6-17)22-12/h5,8-10,12,17-18H,3-4,6H2,1-2H3,(H2,14,15,19)/t8?,9?,10-,12?/m0/s1. The van der Waals surface area contributed by atoms with Gasteiger partial charge in [-0.15, -0.1) is 0 Å². The van der Waals surface area contributed by atoms with Gasteiger partial charge in [-0.3, -0.25) is 4.57 Å². The second kappa shape index (κ2) is 7.16. The highest BCUT2D eigenvalue weighted by Crippen LogP contribution is 2.31. The van der Waals surface area contributed by atoms with Gasteiger partial charge >= 0.3 is 5.69 Å². The summed E-state index contributed by atoms with van der Waals surface area (Å²) < 4.78 is 17.2. The Morgan fingerprint density at radius 2 is 2.23 bits per heavy atom. The molecule has 1 aliphatic heterocycles. The SMILES string of the molecule is COCCO[C@H]1C(O)C(CO)OC1n1cc(C)c(N)nc1=O. The Bertz CT molecular complexity index is 563. The van der Waals surface area contributed by atoms with Crippen LogP contribution >= 0.6 is 0 Å². The Balaban J connectivity index is 2.29. The van der Waals surface area contributed by atoms with Crippen molar-refractivity contribution in [2.45, 2.75) is 31.5 Å². The van der Waals surface area contributed by atoms with Crippen LogP contribution < -0.4 is 11.4 Å². The number of methoxy groups -OCH3 is 1. The number of ether oxygens (including phenoxy) is 3. The first kappa shape index (κ1) is 16.8. The van der Waals surface area contributed by atoms with E-state index in [1.807, 2.05) is 0 Å². The lowest BCUT2D eigenvalue weighted by atomic mass is 10.1. The molecular weight excluding hydrogens is 294 g/mol. The monoisotopic (exact) mass is 315 g/mol. The molecule has 0 radical (unpaired) electrons. The van der Waals surface area contributed by atoms with Gasteiger partial charge in [-0.25, -0.2) is 4.79 Å². The molecule has 4 N–H and O–H groups in total. The summed E-state index contributed by atoms with van der Waals surface area (Å²) in [6.45, 7) is 1.85. The number of aliphatic hydroxyl groups excluding tert-OH is 2. The lowest BCUT2D eigenvalue weighted by Gasteiger charge is -2.22. The number of aromatic nitrogens is 2. The highest BCUT2D eigenvalue weighted by molar-refractivity contribution is 5.35. The number of hydrogen-bond donors (Lipinski definition) is 3. The normalized spacial score (nSPS) is 28.2. The van der Waals surface area contributed by atoms with Crippen molar-refractivity contribution in [3.63, 3.8) is 0 Å². The third kappa shape index (κ3) is 3.28. The van der Waals surface area contributed by atoms with E-state index in [0.29, 0.717) is 12.2 Å². The number of anilines is 1.